The number of hydrogen-bond acceptors (Lipinski definition) is 5. The third-order valence-corrected chi connectivity index (χ3v) is 5.40. The van der Waals surface area contributed by atoms with Crippen molar-refractivity contribution in [2.24, 2.45) is 0 Å². The number of carboxylic acids is 1. The molecule has 0 saturated heterocycles. The summed E-state index contributed by atoms with van der Waals surface area (Å²) in [4.78, 5) is 14.5. The van der Waals surface area contributed by atoms with Crippen LogP contribution in [0.3, 0.4) is 0 Å². The number of aromatic nitrogens is 1. The smallest absolute Gasteiger partial charge is 0.356 e. The van der Waals surface area contributed by atoms with Crippen LogP contribution in [0.15, 0.2) is 27.9 Å². The molecule has 0 fully saturated rings. The van der Waals surface area contributed by atoms with Crippen LogP contribution < -0.4 is 4.72 Å². The predicted octanol–water partition coefficient (Wildman–Crippen LogP) is 2.60. The lowest BCUT2D eigenvalue weighted by atomic mass is 10.2. The summed E-state index contributed by atoms with van der Waals surface area (Å²) in [6.07, 6.45) is 0. The van der Waals surface area contributed by atoms with E-state index in [4.69, 9.17) is 16.7 Å². The Morgan fingerprint density at radius 2 is 2.15 bits per heavy atom. The van der Waals surface area contributed by atoms with E-state index in [1.165, 1.54) is 11.6 Å². The minimum Gasteiger partial charge on any atom is -0.476 e. The molecule has 0 aliphatic rings. The monoisotopic (exact) mass is 332 g/mol. The molecule has 0 radical (unpaired) electrons. The van der Waals surface area contributed by atoms with Crippen LogP contribution in [0.5, 0.6) is 0 Å². The summed E-state index contributed by atoms with van der Waals surface area (Å²) in [5, 5.41) is 9.28. The maximum absolute atomic E-state index is 12.2. The molecule has 6 nitrogen and oxygen atoms in total. The largest absolute Gasteiger partial charge is 0.476 e. The number of aryl methyl sites for hydroxylation is 1. The number of hydrogen-bond donors (Lipinski definition) is 2. The second-order valence-corrected chi connectivity index (χ2v) is 7.03. The molecule has 0 aliphatic heterocycles. The molecule has 106 valence electrons. The number of nitrogens with zero attached hydrogens (tertiary/aromatic N) is 1. The number of benzene rings is 1. The molecule has 9 heteroatoms. The Morgan fingerprint density at radius 3 is 2.80 bits per heavy atom. The maximum Gasteiger partial charge on any atom is 0.356 e. The van der Waals surface area contributed by atoms with E-state index >= 15 is 0 Å². The van der Waals surface area contributed by atoms with Gasteiger partial charge in [0.15, 0.2) is 9.90 Å². The SMILES string of the molecule is Cc1ccc(Cl)cc1NS(=O)(=O)c1scnc1C(=O)O. The Hall–Kier alpha value is -1.64. The number of thiazole rings is 1. The van der Waals surface area contributed by atoms with Gasteiger partial charge in [-0.3, -0.25) is 4.72 Å². The molecule has 0 bridgehead atoms. The minimum atomic E-state index is -4.02. The highest BCUT2D eigenvalue weighted by Crippen LogP contribution is 2.26. The normalized spacial score (nSPS) is 11.3. The maximum atomic E-state index is 12.2. The van der Waals surface area contributed by atoms with Gasteiger partial charge in [0.2, 0.25) is 0 Å². The Morgan fingerprint density at radius 1 is 1.45 bits per heavy atom. The Kier molecular flexibility index (Phi) is 3.98. The second kappa shape index (κ2) is 5.39. The lowest BCUT2D eigenvalue weighted by Gasteiger charge is -2.09. The third kappa shape index (κ3) is 2.92. The Labute approximate surface area is 124 Å². The van der Waals surface area contributed by atoms with E-state index in [1.54, 1.807) is 19.1 Å². The quantitative estimate of drug-likeness (QED) is 0.897. The summed E-state index contributed by atoms with van der Waals surface area (Å²) in [6.45, 7) is 1.71. The molecule has 1 aromatic carbocycles. The first-order chi connectivity index (χ1) is 9.31. The van der Waals surface area contributed by atoms with Crippen LogP contribution in [0.1, 0.15) is 16.1 Å². The Bertz CT molecular complexity index is 770. The van der Waals surface area contributed by atoms with Crippen LogP contribution in [-0.4, -0.2) is 24.5 Å². The first-order valence-electron chi connectivity index (χ1n) is 5.27. The fourth-order valence-corrected chi connectivity index (χ4v) is 3.90. The number of halogens is 1. The molecule has 1 aromatic heterocycles. The van der Waals surface area contributed by atoms with E-state index in [9.17, 15) is 13.2 Å². The lowest BCUT2D eigenvalue weighted by molar-refractivity contribution is 0.0687. The van der Waals surface area contributed by atoms with Crippen LogP contribution in [-0.2, 0) is 10.0 Å². The number of anilines is 1. The summed E-state index contributed by atoms with van der Waals surface area (Å²) in [6, 6.07) is 4.74. The van der Waals surface area contributed by atoms with Gasteiger partial charge in [0.1, 0.15) is 0 Å². The summed E-state index contributed by atoms with van der Waals surface area (Å²) in [5.41, 5.74) is 1.63. The van der Waals surface area contributed by atoms with Gasteiger partial charge >= 0.3 is 5.97 Å². The third-order valence-electron chi connectivity index (χ3n) is 2.43. The fraction of sp³-hybridized carbons (Fsp3) is 0.0909. The highest BCUT2D eigenvalue weighted by atomic mass is 35.5. The zero-order valence-electron chi connectivity index (χ0n) is 10.1. The summed E-state index contributed by atoms with van der Waals surface area (Å²) in [5.74, 6) is -1.39. The standard InChI is InChI=1S/C11H9ClN2O4S2/c1-6-2-3-7(12)4-8(6)14-20(17,18)11-9(10(15)16)13-5-19-11/h2-5,14H,1H3,(H,15,16). The lowest BCUT2D eigenvalue weighted by Crippen LogP contribution is -2.16. The summed E-state index contributed by atoms with van der Waals surface area (Å²) < 4.78 is 26.4. The second-order valence-electron chi connectivity index (χ2n) is 3.86. The van der Waals surface area contributed by atoms with Crippen molar-refractivity contribution in [2.75, 3.05) is 4.72 Å². The van der Waals surface area contributed by atoms with Gasteiger partial charge in [-0.05, 0) is 24.6 Å². The van der Waals surface area contributed by atoms with Crippen LogP contribution in [0.4, 0.5) is 5.69 Å². The molecule has 0 saturated carbocycles. The summed E-state index contributed by atoms with van der Waals surface area (Å²) in [7, 11) is -4.02. The molecule has 0 amide bonds. The highest BCUT2D eigenvalue weighted by Gasteiger charge is 2.26. The zero-order chi connectivity index (χ0) is 14.9. The van der Waals surface area contributed by atoms with Gasteiger partial charge in [-0.15, -0.1) is 11.3 Å². The van der Waals surface area contributed by atoms with Gasteiger partial charge in [0.25, 0.3) is 10.0 Å². The van der Waals surface area contributed by atoms with Crippen molar-refractivity contribution in [3.63, 3.8) is 0 Å². The van der Waals surface area contributed by atoms with Crippen molar-refractivity contribution in [2.45, 2.75) is 11.1 Å². The molecule has 2 aromatic rings. The van der Waals surface area contributed by atoms with E-state index < -0.39 is 21.7 Å². The van der Waals surface area contributed by atoms with Crippen LogP contribution >= 0.6 is 22.9 Å². The number of aromatic carboxylic acids is 1. The molecule has 2 rings (SSSR count). The molecule has 0 unspecified atom stereocenters. The average Bonchev–Trinajstić information content (AvgIpc) is 2.83. The number of rotatable bonds is 4. The van der Waals surface area contributed by atoms with Gasteiger partial charge < -0.3 is 5.11 Å². The molecule has 0 aliphatic carbocycles. The molecular weight excluding hydrogens is 324 g/mol. The van der Waals surface area contributed by atoms with E-state index in [0.29, 0.717) is 16.3 Å². The average molecular weight is 333 g/mol. The van der Waals surface area contributed by atoms with Gasteiger partial charge in [-0.25, -0.2) is 18.2 Å². The number of carboxylic acid groups (broad SMARTS) is 1. The molecule has 20 heavy (non-hydrogen) atoms. The van der Waals surface area contributed by atoms with Gasteiger partial charge in [-0.1, -0.05) is 17.7 Å². The number of sulfonamides is 1. The molecule has 1 heterocycles. The molecular formula is C11H9ClN2O4S2. The van der Waals surface area contributed by atoms with Crippen molar-refractivity contribution >= 4 is 44.6 Å². The van der Waals surface area contributed by atoms with E-state index in [0.717, 1.165) is 11.3 Å². The van der Waals surface area contributed by atoms with Crippen molar-refractivity contribution in [1.82, 2.24) is 4.98 Å². The number of carbonyl (C=O) groups is 1. The van der Waals surface area contributed by atoms with Crippen molar-refractivity contribution in [1.29, 1.82) is 0 Å². The van der Waals surface area contributed by atoms with Crippen molar-refractivity contribution in [3.05, 3.63) is 40.0 Å². The van der Waals surface area contributed by atoms with Crippen molar-refractivity contribution in [3.8, 4) is 0 Å². The zero-order valence-corrected chi connectivity index (χ0v) is 12.5. The first kappa shape index (κ1) is 14.8. The minimum absolute atomic E-state index is 0.294. The van der Waals surface area contributed by atoms with E-state index in [1.807, 2.05) is 0 Å². The van der Waals surface area contributed by atoms with E-state index in [2.05, 4.69) is 9.71 Å². The van der Waals surface area contributed by atoms with Gasteiger partial charge in [0.05, 0.1) is 11.2 Å². The molecule has 0 atom stereocenters. The molecule has 2 N–H and O–H groups in total. The van der Waals surface area contributed by atoms with E-state index in [-0.39, 0.29) is 4.21 Å². The summed E-state index contributed by atoms with van der Waals surface area (Å²) >= 11 is 6.55. The van der Waals surface area contributed by atoms with Crippen LogP contribution in [0, 0.1) is 6.92 Å². The highest BCUT2D eigenvalue weighted by molar-refractivity contribution is 7.94. The molecule has 0 spiro atoms. The van der Waals surface area contributed by atoms with Gasteiger partial charge in [-0.2, -0.15) is 0 Å². The predicted molar refractivity (Wildman–Crippen MR) is 76.1 cm³/mol. The van der Waals surface area contributed by atoms with Gasteiger partial charge in [0, 0.05) is 5.02 Å². The first-order valence-corrected chi connectivity index (χ1v) is 8.01. The van der Waals surface area contributed by atoms with Crippen LogP contribution in [0.2, 0.25) is 5.02 Å². The topological polar surface area (TPSA) is 96.4 Å². The fourth-order valence-electron chi connectivity index (χ4n) is 1.46. The Balaban J connectivity index is 2.44. The number of nitrogens with one attached hydrogen (secondary N) is 1. The van der Waals surface area contributed by atoms with Crippen molar-refractivity contribution < 1.29 is 18.3 Å². The van der Waals surface area contributed by atoms with Crippen LogP contribution in [0.25, 0.3) is 0 Å².